The van der Waals surface area contributed by atoms with E-state index >= 15 is 0 Å². The van der Waals surface area contributed by atoms with Crippen LogP contribution in [0.4, 0.5) is 5.69 Å². The molecule has 5 heteroatoms. The van der Waals surface area contributed by atoms with Gasteiger partial charge in [-0.05, 0) is 30.4 Å². The molecule has 0 aromatic heterocycles. The summed E-state index contributed by atoms with van der Waals surface area (Å²) in [5, 5.41) is -0.536. The Morgan fingerprint density at radius 3 is 2.26 bits per heavy atom. The van der Waals surface area contributed by atoms with Crippen LogP contribution in [-0.2, 0) is 27.1 Å². The molecule has 1 aromatic rings. The summed E-state index contributed by atoms with van der Waals surface area (Å²) in [6.07, 6.45) is 1.94. The van der Waals surface area contributed by atoms with Gasteiger partial charge >= 0.3 is 0 Å². The molecule has 23 heavy (non-hydrogen) atoms. The van der Waals surface area contributed by atoms with Gasteiger partial charge in [0, 0.05) is 0 Å². The maximum Gasteiger partial charge on any atom is 0.245 e. The highest BCUT2D eigenvalue weighted by atomic mass is 35.5. The molecule has 0 spiro atoms. The lowest BCUT2D eigenvalue weighted by atomic mass is 10.0. The van der Waals surface area contributed by atoms with Gasteiger partial charge in [0.15, 0.2) is 6.29 Å². The average molecular weight is 340 g/mol. The van der Waals surface area contributed by atoms with E-state index in [2.05, 4.69) is 26.0 Å². The standard InChI is InChI=1S/C18H26ClNO3/c1-4-13-8-7-9-14(5-2)17(13)20(18(21)15(19)6-3)12-16-22-10-11-23-16/h7-9,15-16H,4-6,10-12H2,1-3H3. The van der Waals surface area contributed by atoms with Crippen LogP contribution in [0.25, 0.3) is 0 Å². The quantitative estimate of drug-likeness (QED) is 0.713. The van der Waals surface area contributed by atoms with Gasteiger partial charge < -0.3 is 14.4 Å². The zero-order valence-corrected chi connectivity index (χ0v) is 14.9. The van der Waals surface area contributed by atoms with Crippen molar-refractivity contribution in [2.24, 2.45) is 0 Å². The first-order valence-corrected chi connectivity index (χ1v) is 8.85. The van der Waals surface area contributed by atoms with Crippen LogP contribution in [0.5, 0.6) is 0 Å². The van der Waals surface area contributed by atoms with Gasteiger partial charge in [0.05, 0.1) is 25.4 Å². The number of carbonyl (C=O) groups is 1. The highest BCUT2D eigenvalue weighted by molar-refractivity contribution is 6.32. The molecular weight excluding hydrogens is 314 g/mol. The molecule has 1 amide bonds. The molecule has 4 nitrogen and oxygen atoms in total. The van der Waals surface area contributed by atoms with Crippen molar-refractivity contribution in [2.45, 2.75) is 51.7 Å². The van der Waals surface area contributed by atoms with Crippen LogP contribution in [0.1, 0.15) is 38.3 Å². The zero-order valence-electron chi connectivity index (χ0n) is 14.2. The molecule has 2 rings (SSSR count). The zero-order chi connectivity index (χ0) is 16.8. The van der Waals surface area contributed by atoms with E-state index in [4.69, 9.17) is 21.1 Å². The van der Waals surface area contributed by atoms with E-state index in [1.165, 1.54) is 0 Å². The van der Waals surface area contributed by atoms with Crippen LogP contribution in [-0.4, -0.2) is 37.3 Å². The number of para-hydroxylation sites is 1. The number of anilines is 1. The van der Waals surface area contributed by atoms with Gasteiger partial charge in [0.25, 0.3) is 0 Å². The van der Waals surface area contributed by atoms with E-state index in [9.17, 15) is 4.79 Å². The molecule has 0 radical (unpaired) electrons. The predicted octanol–water partition coefficient (Wildman–Crippen LogP) is 3.53. The minimum Gasteiger partial charge on any atom is -0.348 e. The molecule has 128 valence electrons. The lowest BCUT2D eigenvalue weighted by Gasteiger charge is -2.30. The van der Waals surface area contributed by atoms with E-state index in [1.807, 2.05) is 13.0 Å². The first-order valence-electron chi connectivity index (χ1n) is 8.41. The topological polar surface area (TPSA) is 38.8 Å². The van der Waals surface area contributed by atoms with Crippen LogP contribution in [0, 0.1) is 0 Å². The number of nitrogens with zero attached hydrogens (tertiary/aromatic N) is 1. The molecule has 1 heterocycles. The van der Waals surface area contributed by atoms with Gasteiger partial charge in [-0.25, -0.2) is 0 Å². The number of ether oxygens (including phenoxy) is 2. The summed E-state index contributed by atoms with van der Waals surface area (Å²) in [7, 11) is 0. The van der Waals surface area contributed by atoms with Gasteiger partial charge in [-0.2, -0.15) is 0 Å². The molecule has 0 saturated carbocycles. The molecule has 1 aliphatic rings. The Labute approximate surface area is 143 Å². The van der Waals surface area contributed by atoms with Crippen LogP contribution in [0.2, 0.25) is 0 Å². The van der Waals surface area contributed by atoms with E-state index in [0.717, 1.165) is 29.7 Å². The first kappa shape index (κ1) is 18.2. The van der Waals surface area contributed by atoms with Crippen molar-refractivity contribution in [3.05, 3.63) is 29.3 Å². The van der Waals surface area contributed by atoms with Gasteiger partial charge in [-0.3, -0.25) is 4.79 Å². The summed E-state index contributed by atoms with van der Waals surface area (Å²) in [5.41, 5.74) is 3.27. The molecular formula is C18H26ClNO3. The van der Waals surface area contributed by atoms with Crippen molar-refractivity contribution >= 4 is 23.2 Å². The SMILES string of the molecule is CCc1cccc(CC)c1N(CC1OCCO1)C(=O)C(Cl)CC. The lowest BCUT2D eigenvalue weighted by Crippen LogP contribution is -2.43. The van der Waals surface area contributed by atoms with Gasteiger partial charge in [0.2, 0.25) is 5.91 Å². The molecule has 1 unspecified atom stereocenters. The molecule has 0 aliphatic carbocycles. The lowest BCUT2D eigenvalue weighted by molar-refractivity contribution is -0.119. The summed E-state index contributed by atoms with van der Waals surface area (Å²) < 4.78 is 11.1. The Hall–Kier alpha value is -1.10. The van der Waals surface area contributed by atoms with Crippen LogP contribution < -0.4 is 4.90 Å². The third kappa shape index (κ3) is 4.25. The minimum absolute atomic E-state index is 0.0798. The number of hydrogen-bond donors (Lipinski definition) is 0. The highest BCUT2D eigenvalue weighted by Crippen LogP contribution is 2.29. The molecule has 1 atom stereocenters. The molecule has 1 saturated heterocycles. The average Bonchev–Trinajstić information content (AvgIpc) is 3.10. The van der Waals surface area contributed by atoms with E-state index < -0.39 is 5.38 Å². The third-order valence-corrected chi connectivity index (χ3v) is 4.65. The van der Waals surface area contributed by atoms with Crippen molar-refractivity contribution in [1.29, 1.82) is 0 Å². The maximum absolute atomic E-state index is 12.9. The second kappa shape index (κ2) is 8.67. The third-order valence-electron chi connectivity index (χ3n) is 4.15. The first-order chi connectivity index (χ1) is 11.1. The summed E-state index contributed by atoms with van der Waals surface area (Å²) in [6, 6.07) is 6.19. The summed E-state index contributed by atoms with van der Waals surface area (Å²) in [6.45, 7) is 7.64. The van der Waals surface area contributed by atoms with Crippen molar-refractivity contribution in [2.75, 3.05) is 24.7 Å². The Morgan fingerprint density at radius 2 is 1.78 bits per heavy atom. The second-order valence-electron chi connectivity index (χ2n) is 5.63. The number of aryl methyl sites for hydroxylation is 2. The van der Waals surface area contributed by atoms with Gasteiger partial charge in [-0.15, -0.1) is 11.6 Å². The predicted molar refractivity (Wildman–Crippen MR) is 93.2 cm³/mol. The van der Waals surface area contributed by atoms with Gasteiger partial charge in [0.1, 0.15) is 5.38 Å². The normalized spacial score (nSPS) is 16.5. The molecule has 1 aliphatic heterocycles. The fourth-order valence-electron chi connectivity index (χ4n) is 2.86. The largest absolute Gasteiger partial charge is 0.348 e. The fourth-order valence-corrected chi connectivity index (χ4v) is 2.98. The second-order valence-corrected chi connectivity index (χ2v) is 6.15. The van der Waals surface area contributed by atoms with E-state index in [0.29, 0.717) is 26.2 Å². The molecule has 0 bridgehead atoms. The number of hydrogen-bond acceptors (Lipinski definition) is 3. The minimum atomic E-state index is -0.536. The van der Waals surface area contributed by atoms with Crippen molar-refractivity contribution in [3.8, 4) is 0 Å². The number of alkyl halides is 1. The van der Waals surface area contributed by atoms with Crippen molar-refractivity contribution < 1.29 is 14.3 Å². The maximum atomic E-state index is 12.9. The number of halogens is 1. The van der Waals surface area contributed by atoms with Crippen molar-refractivity contribution in [3.63, 3.8) is 0 Å². The highest BCUT2D eigenvalue weighted by Gasteiger charge is 2.30. The van der Waals surface area contributed by atoms with E-state index in [-0.39, 0.29) is 12.2 Å². The van der Waals surface area contributed by atoms with Crippen molar-refractivity contribution in [1.82, 2.24) is 0 Å². The molecule has 1 aromatic carbocycles. The number of benzene rings is 1. The Bertz CT molecular complexity index is 507. The smallest absolute Gasteiger partial charge is 0.245 e. The Kier molecular flexibility index (Phi) is 6.88. The summed E-state index contributed by atoms with van der Waals surface area (Å²) in [5.74, 6) is -0.0798. The number of rotatable bonds is 7. The molecule has 1 fully saturated rings. The summed E-state index contributed by atoms with van der Waals surface area (Å²) in [4.78, 5) is 14.7. The van der Waals surface area contributed by atoms with Crippen LogP contribution in [0.3, 0.4) is 0 Å². The molecule has 0 N–H and O–H groups in total. The van der Waals surface area contributed by atoms with Crippen LogP contribution >= 0.6 is 11.6 Å². The fraction of sp³-hybridized carbons (Fsp3) is 0.611. The Morgan fingerprint density at radius 1 is 1.22 bits per heavy atom. The number of carbonyl (C=O) groups excluding carboxylic acids is 1. The number of amides is 1. The van der Waals surface area contributed by atoms with E-state index in [1.54, 1.807) is 4.90 Å². The van der Waals surface area contributed by atoms with Crippen LogP contribution in [0.15, 0.2) is 18.2 Å². The monoisotopic (exact) mass is 339 g/mol. The summed E-state index contributed by atoms with van der Waals surface area (Å²) >= 11 is 6.26. The van der Waals surface area contributed by atoms with Gasteiger partial charge in [-0.1, -0.05) is 39.0 Å². The Balaban J connectivity index is 2.41.